The summed E-state index contributed by atoms with van der Waals surface area (Å²) in [6.45, 7) is 0. The molecule has 1 N–H and O–H groups in total. The van der Waals surface area contributed by atoms with Crippen LogP contribution in [0.3, 0.4) is 0 Å². The van der Waals surface area contributed by atoms with Gasteiger partial charge in [-0.25, -0.2) is 9.97 Å². The van der Waals surface area contributed by atoms with Crippen molar-refractivity contribution in [2.45, 2.75) is 0 Å². The van der Waals surface area contributed by atoms with Crippen molar-refractivity contribution in [3.05, 3.63) is 73.1 Å². The van der Waals surface area contributed by atoms with Crippen molar-refractivity contribution in [1.29, 1.82) is 0 Å². The van der Waals surface area contributed by atoms with Gasteiger partial charge in [0, 0.05) is 12.4 Å². The van der Waals surface area contributed by atoms with E-state index in [1.54, 1.807) is 0 Å². The number of nitrogens with one attached hydrogen (secondary N) is 1. The molecule has 0 spiro atoms. The lowest BCUT2D eigenvalue weighted by Gasteiger charge is -1.98. The third kappa shape index (κ3) is 2.60. The Kier molecular flexibility index (Phi) is 3.19. The van der Waals surface area contributed by atoms with Crippen LogP contribution >= 0.6 is 0 Å². The number of aromatic amines is 1. The topological polar surface area (TPSA) is 41.6 Å². The van der Waals surface area contributed by atoms with Crippen LogP contribution in [0.2, 0.25) is 0 Å². The molecule has 0 unspecified atom stereocenters. The van der Waals surface area contributed by atoms with Crippen molar-refractivity contribution in [3.63, 3.8) is 0 Å². The Morgan fingerprint density at radius 2 is 0.895 bits per heavy atom. The molecule has 3 nitrogen and oxygen atoms in total. The molecule has 0 aliphatic heterocycles. The summed E-state index contributed by atoms with van der Waals surface area (Å²) in [7, 11) is 0. The number of H-pyrrole nitrogens is 1. The predicted octanol–water partition coefficient (Wildman–Crippen LogP) is 3.80. The van der Waals surface area contributed by atoms with E-state index in [1.807, 2.05) is 73.1 Å². The van der Waals surface area contributed by atoms with Crippen LogP contribution < -0.4 is 0 Å². The first kappa shape index (κ1) is 11.4. The van der Waals surface area contributed by atoms with Gasteiger partial charge in [-0.2, -0.15) is 0 Å². The molecular weight excluding hydrogens is 234 g/mol. The van der Waals surface area contributed by atoms with E-state index in [0.29, 0.717) is 0 Å². The van der Waals surface area contributed by atoms with Crippen molar-refractivity contribution < 1.29 is 0 Å². The highest BCUT2D eigenvalue weighted by Gasteiger charge is 1.98. The standard InChI is InChI=1S/C12H8N2.C4H5N/c1-2-6-10-9(5-1)13-11-7-3-4-8-12(11)14-10;1-2-4-5-3-1/h1-8H;1-5H. The average molecular weight is 247 g/mol. The monoisotopic (exact) mass is 247 g/mol. The van der Waals surface area contributed by atoms with Crippen LogP contribution in [-0.2, 0) is 0 Å². The highest BCUT2D eigenvalue weighted by Crippen LogP contribution is 2.14. The van der Waals surface area contributed by atoms with Gasteiger partial charge in [0.2, 0.25) is 0 Å². The van der Waals surface area contributed by atoms with E-state index in [-0.39, 0.29) is 0 Å². The van der Waals surface area contributed by atoms with Gasteiger partial charge in [0.05, 0.1) is 22.1 Å². The van der Waals surface area contributed by atoms with Gasteiger partial charge < -0.3 is 4.98 Å². The van der Waals surface area contributed by atoms with E-state index < -0.39 is 0 Å². The largest absolute Gasteiger partial charge is 0.368 e. The van der Waals surface area contributed by atoms with Gasteiger partial charge in [0.15, 0.2) is 0 Å². The van der Waals surface area contributed by atoms with Crippen molar-refractivity contribution in [2.24, 2.45) is 0 Å². The minimum Gasteiger partial charge on any atom is -0.368 e. The second kappa shape index (κ2) is 5.31. The molecule has 4 aromatic rings. The highest BCUT2D eigenvalue weighted by atomic mass is 14.8. The number of benzene rings is 2. The SMILES string of the molecule is c1cc[nH]c1.c1ccc2nc3ccccc3nc2c1. The molecule has 0 aliphatic rings. The van der Waals surface area contributed by atoms with Crippen molar-refractivity contribution in [3.8, 4) is 0 Å². The van der Waals surface area contributed by atoms with Crippen LogP contribution in [0.1, 0.15) is 0 Å². The Morgan fingerprint density at radius 3 is 1.16 bits per heavy atom. The Labute approximate surface area is 111 Å². The zero-order valence-electron chi connectivity index (χ0n) is 10.3. The Balaban J connectivity index is 0.000000187. The summed E-state index contributed by atoms with van der Waals surface area (Å²) < 4.78 is 0. The Bertz CT molecular complexity index is 654. The molecule has 0 saturated heterocycles. The zero-order chi connectivity index (χ0) is 12.9. The van der Waals surface area contributed by atoms with E-state index >= 15 is 0 Å². The average Bonchev–Trinajstić information content (AvgIpc) is 3.04. The number of hydrogen-bond acceptors (Lipinski definition) is 2. The molecule has 3 heteroatoms. The van der Waals surface area contributed by atoms with E-state index in [0.717, 1.165) is 22.1 Å². The summed E-state index contributed by atoms with van der Waals surface area (Å²) in [5.41, 5.74) is 3.80. The van der Waals surface area contributed by atoms with E-state index in [1.165, 1.54) is 0 Å². The second-order valence-corrected chi connectivity index (χ2v) is 4.09. The molecule has 0 radical (unpaired) electrons. The molecule has 2 aromatic heterocycles. The van der Waals surface area contributed by atoms with Gasteiger partial charge in [0.25, 0.3) is 0 Å². The maximum atomic E-state index is 4.52. The van der Waals surface area contributed by atoms with E-state index in [2.05, 4.69) is 15.0 Å². The summed E-state index contributed by atoms with van der Waals surface area (Å²) in [6.07, 6.45) is 3.75. The first-order valence-corrected chi connectivity index (χ1v) is 6.13. The van der Waals surface area contributed by atoms with Crippen LogP contribution in [0.15, 0.2) is 73.1 Å². The van der Waals surface area contributed by atoms with Gasteiger partial charge in [-0.1, -0.05) is 24.3 Å². The number of hydrogen-bond donors (Lipinski definition) is 1. The minimum absolute atomic E-state index is 0.950. The van der Waals surface area contributed by atoms with Crippen LogP contribution in [-0.4, -0.2) is 15.0 Å². The summed E-state index contributed by atoms with van der Waals surface area (Å²) >= 11 is 0. The third-order valence-corrected chi connectivity index (χ3v) is 2.74. The van der Waals surface area contributed by atoms with Gasteiger partial charge >= 0.3 is 0 Å². The second-order valence-electron chi connectivity index (χ2n) is 4.09. The Hall–Kier alpha value is -2.68. The quantitative estimate of drug-likeness (QED) is 0.480. The van der Waals surface area contributed by atoms with Crippen molar-refractivity contribution in [1.82, 2.24) is 15.0 Å². The van der Waals surface area contributed by atoms with Gasteiger partial charge in [0.1, 0.15) is 0 Å². The van der Waals surface area contributed by atoms with Crippen LogP contribution in [0.5, 0.6) is 0 Å². The number of nitrogens with zero attached hydrogens (tertiary/aromatic N) is 2. The molecule has 92 valence electrons. The molecule has 0 amide bonds. The maximum absolute atomic E-state index is 4.52. The molecule has 2 heterocycles. The fourth-order valence-electron chi connectivity index (χ4n) is 1.84. The smallest absolute Gasteiger partial charge is 0.0894 e. The van der Waals surface area contributed by atoms with Gasteiger partial charge in [-0.3, -0.25) is 0 Å². The molecule has 0 aliphatic carbocycles. The van der Waals surface area contributed by atoms with Gasteiger partial charge in [-0.15, -0.1) is 0 Å². The van der Waals surface area contributed by atoms with E-state index in [9.17, 15) is 0 Å². The fraction of sp³-hybridized carbons (Fsp3) is 0. The van der Waals surface area contributed by atoms with Crippen LogP contribution in [0.25, 0.3) is 22.1 Å². The van der Waals surface area contributed by atoms with Crippen molar-refractivity contribution >= 4 is 22.1 Å². The normalized spacial score (nSPS) is 10.1. The number of para-hydroxylation sites is 4. The fourth-order valence-corrected chi connectivity index (χ4v) is 1.84. The third-order valence-electron chi connectivity index (χ3n) is 2.74. The molecule has 0 atom stereocenters. The molecule has 0 fully saturated rings. The minimum atomic E-state index is 0.950. The predicted molar refractivity (Wildman–Crippen MR) is 77.8 cm³/mol. The van der Waals surface area contributed by atoms with Gasteiger partial charge in [-0.05, 0) is 36.4 Å². The molecule has 0 bridgehead atoms. The molecule has 4 rings (SSSR count). The Morgan fingerprint density at radius 1 is 0.526 bits per heavy atom. The van der Waals surface area contributed by atoms with Crippen LogP contribution in [0, 0.1) is 0 Å². The lowest BCUT2D eigenvalue weighted by Crippen LogP contribution is -1.85. The maximum Gasteiger partial charge on any atom is 0.0894 e. The van der Waals surface area contributed by atoms with Crippen LogP contribution in [0.4, 0.5) is 0 Å². The summed E-state index contributed by atoms with van der Waals surface area (Å²) in [5.74, 6) is 0. The first-order valence-electron chi connectivity index (χ1n) is 6.13. The molecular formula is C16H13N3. The summed E-state index contributed by atoms with van der Waals surface area (Å²) in [5, 5.41) is 0. The highest BCUT2D eigenvalue weighted by molar-refractivity contribution is 5.85. The number of aromatic nitrogens is 3. The lowest BCUT2D eigenvalue weighted by molar-refractivity contribution is 1.39. The number of rotatable bonds is 0. The summed E-state index contributed by atoms with van der Waals surface area (Å²) in [4.78, 5) is 11.9. The first-order chi connectivity index (χ1) is 9.43. The molecule has 19 heavy (non-hydrogen) atoms. The van der Waals surface area contributed by atoms with E-state index in [4.69, 9.17) is 0 Å². The zero-order valence-corrected chi connectivity index (χ0v) is 10.3. The lowest BCUT2D eigenvalue weighted by atomic mass is 10.2. The summed E-state index contributed by atoms with van der Waals surface area (Å²) in [6, 6.07) is 19.7. The molecule has 2 aromatic carbocycles. The van der Waals surface area contributed by atoms with Crippen molar-refractivity contribution in [2.75, 3.05) is 0 Å². The molecule has 0 saturated carbocycles. The number of fused-ring (bicyclic) bond motifs is 2.